The average molecular weight is 310 g/mol. The molecule has 1 aromatic rings. The molecule has 0 saturated carbocycles. The summed E-state index contributed by atoms with van der Waals surface area (Å²) in [4.78, 5) is 23.5. The van der Waals surface area contributed by atoms with Crippen LogP contribution in [0.3, 0.4) is 0 Å². The van der Waals surface area contributed by atoms with Gasteiger partial charge in [-0.15, -0.1) is 0 Å². The van der Waals surface area contributed by atoms with Gasteiger partial charge in [0.25, 0.3) is 0 Å². The third kappa shape index (κ3) is 5.81. The van der Waals surface area contributed by atoms with E-state index in [0.29, 0.717) is 18.5 Å². The summed E-state index contributed by atoms with van der Waals surface area (Å²) in [6.07, 6.45) is 2.68. The Morgan fingerprint density at radius 2 is 1.64 bits per heavy atom. The predicted octanol–water partition coefficient (Wildman–Crippen LogP) is 2.21. The molecule has 1 aromatic carbocycles. The van der Waals surface area contributed by atoms with Crippen LogP contribution < -0.4 is 10.6 Å². The van der Waals surface area contributed by atoms with Crippen LogP contribution in [-0.2, 0) is 9.59 Å². The van der Waals surface area contributed by atoms with Crippen molar-refractivity contribution in [3.8, 4) is 0 Å². The fourth-order valence-corrected chi connectivity index (χ4v) is 2.28. The van der Waals surface area contributed by atoms with Crippen LogP contribution in [0.15, 0.2) is 24.3 Å². The molecule has 0 aliphatic rings. The van der Waals surface area contributed by atoms with Crippen LogP contribution in [0.5, 0.6) is 0 Å². The number of hydrogen-bond donors (Lipinski definition) is 3. The summed E-state index contributed by atoms with van der Waals surface area (Å²) in [7, 11) is 0. The second kappa shape index (κ2) is 8.48. The standard InChI is InChI=1S/C16H23FN2O3/c1-3-9-16(22,10-4-2)11-18-14(20)15(21)19-13-7-5-12(17)6-8-13/h5-8,22H,3-4,9-11H2,1-2H3,(H,18,20)(H,19,21). The van der Waals surface area contributed by atoms with Gasteiger partial charge >= 0.3 is 11.8 Å². The Bertz CT molecular complexity index is 497. The monoisotopic (exact) mass is 310 g/mol. The van der Waals surface area contributed by atoms with E-state index in [1.54, 1.807) is 0 Å². The minimum atomic E-state index is -0.991. The number of rotatable bonds is 7. The van der Waals surface area contributed by atoms with E-state index < -0.39 is 23.2 Å². The van der Waals surface area contributed by atoms with E-state index in [4.69, 9.17) is 0 Å². The molecule has 0 atom stereocenters. The van der Waals surface area contributed by atoms with Gasteiger partial charge in [0.05, 0.1) is 5.60 Å². The molecule has 1 rings (SSSR count). The zero-order valence-corrected chi connectivity index (χ0v) is 13.0. The highest BCUT2D eigenvalue weighted by atomic mass is 19.1. The Kier molecular flexibility index (Phi) is 6.98. The molecular formula is C16H23FN2O3. The molecule has 22 heavy (non-hydrogen) atoms. The molecular weight excluding hydrogens is 287 g/mol. The summed E-state index contributed by atoms with van der Waals surface area (Å²) in [5.74, 6) is -2.09. The van der Waals surface area contributed by atoms with Crippen LogP contribution in [-0.4, -0.2) is 29.1 Å². The van der Waals surface area contributed by atoms with E-state index in [1.165, 1.54) is 24.3 Å². The normalized spacial score (nSPS) is 11.1. The van der Waals surface area contributed by atoms with Gasteiger partial charge in [-0.05, 0) is 37.1 Å². The number of hydrogen-bond acceptors (Lipinski definition) is 3. The van der Waals surface area contributed by atoms with Gasteiger partial charge in [-0.25, -0.2) is 4.39 Å². The molecule has 3 N–H and O–H groups in total. The molecule has 6 heteroatoms. The Morgan fingerprint density at radius 3 is 2.14 bits per heavy atom. The molecule has 2 amide bonds. The number of aliphatic hydroxyl groups is 1. The van der Waals surface area contributed by atoms with E-state index in [9.17, 15) is 19.1 Å². The lowest BCUT2D eigenvalue weighted by Crippen LogP contribution is -2.46. The third-order valence-corrected chi connectivity index (χ3v) is 3.32. The van der Waals surface area contributed by atoms with Gasteiger partial charge < -0.3 is 15.7 Å². The lowest BCUT2D eigenvalue weighted by Gasteiger charge is -2.27. The Morgan fingerprint density at radius 1 is 1.09 bits per heavy atom. The Balaban J connectivity index is 2.53. The topological polar surface area (TPSA) is 78.4 Å². The number of amides is 2. The molecule has 0 heterocycles. The number of nitrogens with one attached hydrogen (secondary N) is 2. The number of benzene rings is 1. The quantitative estimate of drug-likeness (QED) is 0.676. The van der Waals surface area contributed by atoms with Crippen LogP contribution in [0.25, 0.3) is 0 Å². The van der Waals surface area contributed by atoms with Gasteiger partial charge in [-0.1, -0.05) is 26.7 Å². The first-order valence-electron chi connectivity index (χ1n) is 7.47. The zero-order valence-electron chi connectivity index (χ0n) is 13.0. The van der Waals surface area contributed by atoms with Crippen LogP contribution in [0.1, 0.15) is 39.5 Å². The molecule has 122 valence electrons. The van der Waals surface area contributed by atoms with Crippen molar-refractivity contribution in [3.05, 3.63) is 30.1 Å². The van der Waals surface area contributed by atoms with E-state index >= 15 is 0 Å². The minimum absolute atomic E-state index is 0.0321. The molecule has 0 saturated heterocycles. The highest BCUT2D eigenvalue weighted by Gasteiger charge is 2.26. The van der Waals surface area contributed by atoms with Crippen molar-refractivity contribution in [1.29, 1.82) is 0 Å². The van der Waals surface area contributed by atoms with E-state index in [0.717, 1.165) is 12.8 Å². The highest BCUT2D eigenvalue weighted by Crippen LogP contribution is 2.18. The molecule has 0 aromatic heterocycles. The van der Waals surface area contributed by atoms with Crippen LogP contribution >= 0.6 is 0 Å². The maximum atomic E-state index is 12.8. The number of carbonyl (C=O) groups excluding carboxylic acids is 2. The number of carbonyl (C=O) groups is 2. The van der Waals surface area contributed by atoms with Gasteiger partial charge in [0.15, 0.2) is 0 Å². The third-order valence-electron chi connectivity index (χ3n) is 3.32. The molecule has 0 aliphatic carbocycles. The number of anilines is 1. The highest BCUT2D eigenvalue weighted by molar-refractivity contribution is 6.39. The maximum Gasteiger partial charge on any atom is 0.313 e. The van der Waals surface area contributed by atoms with E-state index in [2.05, 4.69) is 10.6 Å². The average Bonchev–Trinajstić information content (AvgIpc) is 2.47. The first kappa shape index (κ1) is 18.1. The summed E-state index contributed by atoms with van der Waals surface area (Å²) in [5.41, 5.74) is -0.658. The van der Waals surface area contributed by atoms with Crippen molar-refractivity contribution in [2.24, 2.45) is 0 Å². The number of halogens is 1. The fourth-order valence-electron chi connectivity index (χ4n) is 2.28. The van der Waals surface area contributed by atoms with Gasteiger partial charge in [0, 0.05) is 12.2 Å². The van der Waals surface area contributed by atoms with E-state index in [-0.39, 0.29) is 6.54 Å². The minimum Gasteiger partial charge on any atom is -0.388 e. The second-order valence-electron chi connectivity index (χ2n) is 5.37. The van der Waals surface area contributed by atoms with Crippen LogP contribution in [0, 0.1) is 5.82 Å². The zero-order chi connectivity index (χ0) is 16.6. The maximum absolute atomic E-state index is 12.8. The first-order chi connectivity index (χ1) is 10.4. The fraction of sp³-hybridized carbons (Fsp3) is 0.500. The lowest BCUT2D eigenvalue weighted by atomic mass is 9.92. The molecule has 0 radical (unpaired) electrons. The summed E-state index contributed by atoms with van der Waals surface area (Å²) < 4.78 is 12.8. The van der Waals surface area contributed by atoms with Crippen molar-refractivity contribution < 1.29 is 19.1 Å². The van der Waals surface area contributed by atoms with Gasteiger partial charge in [-0.3, -0.25) is 9.59 Å². The van der Waals surface area contributed by atoms with Gasteiger partial charge in [0.2, 0.25) is 0 Å². The van der Waals surface area contributed by atoms with Crippen LogP contribution in [0.2, 0.25) is 0 Å². The van der Waals surface area contributed by atoms with Crippen molar-refractivity contribution >= 4 is 17.5 Å². The van der Waals surface area contributed by atoms with Crippen molar-refractivity contribution in [2.45, 2.75) is 45.1 Å². The smallest absolute Gasteiger partial charge is 0.313 e. The van der Waals surface area contributed by atoms with E-state index in [1.807, 2.05) is 13.8 Å². The van der Waals surface area contributed by atoms with Crippen molar-refractivity contribution in [3.63, 3.8) is 0 Å². The largest absolute Gasteiger partial charge is 0.388 e. The molecule has 0 unspecified atom stereocenters. The molecule has 0 spiro atoms. The lowest BCUT2D eigenvalue weighted by molar-refractivity contribution is -0.137. The second-order valence-corrected chi connectivity index (χ2v) is 5.37. The summed E-state index contributed by atoms with van der Waals surface area (Å²) in [6.45, 7) is 3.93. The van der Waals surface area contributed by atoms with Crippen molar-refractivity contribution in [2.75, 3.05) is 11.9 Å². The Labute approximate surface area is 129 Å². The summed E-state index contributed by atoms with van der Waals surface area (Å²) in [6, 6.07) is 5.11. The molecule has 0 bridgehead atoms. The summed E-state index contributed by atoms with van der Waals surface area (Å²) >= 11 is 0. The van der Waals surface area contributed by atoms with Crippen molar-refractivity contribution in [1.82, 2.24) is 5.32 Å². The molecule has 5 nitrogen and oxygen atoms in total. The Hall–Kier alpha value is -1.95. The van der Waals surface area contributed by atoms with Crippen LogP contribution in [0.4, 0.5) is 10.1 Å². The molecule has 0 aliphatic heterocycles. The SMILES string of the molecule is CCCC(O)(CCC)CNC(=O)C(=O)Nc1ccc(F)cc1. The summed E-state index contributed by atoms with van der Waals surface area (Å²) in [5, 5.41) is 15.2. The predicted molar refractivity (Wildman–Crippen MR) is 82.8 cm³/mol. The molecule has 0 fully saturated rings. The first-order valence-corrected chi connectivity index (χ1v) is 7.47. The van der Waals surface area contributed by atoms with Gasteiger partial charge in [-0.2, -0.15) is 0 Å². The van der Waals surface area contributed by atoms with Gasteiger partial charge in [0.1, 0.15) is 5.82 Å².